The molecule has 45 heavy (non-hydrogen) atoms. The van der Waals surface area contributed by atoms with Gasteiger partial charge in [0.25, 0.3) is 0 Å². The first-order valence-electron chi connectivity index (χ1n) is 15.2. The van der Waals surface area contributed by atoms with Gasteiger partial charge in [-0.1, -0.05) is 121 Å². The Kier molecular flexibility index (Phi) is 6.03. The van der Waals surface area contributed by atoms with Crippen molar-refractivity contribution < 1.29 is 4.42 Å². The number of anilines is 3. The van der Waals surface area contributed by atoms with E-state index in [1.54, 1.807) is 0 Å². The van der Waals surface area contributed by atoms with Crippen LogP contribution in [0.2, 0.25) is 0 Å². The zero-order valence-electron chi connectivity index (χ0n) is 24.4. The third kappa shape index (κ3) is 4.32. The molecular weight excluding hydrogens is 567 g/mol. The molecule has 9 aromatic rings. The van der Waals surface area contributed by atoms with Gasteiger partial charge in [0, 0.05) is 37.6 Å². The number of hydrogen-bond donors (Lipinski definition) is 0. The summed E-state index contributed by atoms with van der Waals surface area (Å²) in [6, 6.07) is 58.4. The molecule has 0 aliphatic carbocycles. The summed E-state index contributed by atoms with van der Waals surface area (Å²) >= 11 is 1.88. The van der Waals surface area contributed by atoms with Crippen LogP contribution in [0.25, 0.3) is 64.4 Å². The second-order valence-electron chi connectivity index (χ2n) is 11.3. The molecule has 0 aliphatic rings. The van der Waals surface area contributed by atoms with Gasteiger partial charge in [-0.05, 0) is 64.7 Å². The smallest absolute Gasteiger partial charge is 0.135 e. The fourth-order valence-electron chi connectivity index (χ4n) is 6.54. The Hall–Kier alpha value is -5.64. The standard InChI is InChI=1S/C42H27NOS/c1-3-11-28(12-4-1)29-21-23-31(24-22-29)43(32-25-26-40-37(27-32)34-15-7-8-20-39(34)44-40)38-19-10-18-36-35-17-9-16-33(41(35)45-42(36)38)30-13-5-2-6-14-30/h1-27H. The molecule has 0 unspecified atom stereocenters. The van der Waals surface area contributed by atoms with Crippen molar-refractivity contribution in [2.24, 2.45) is 0 Å². The van der Waals surface area contributed by atoms with E-state index in [0.29, 0.717) is 0 Å². The van der Waals surface area contributed by atoms with E-state index in [-0.39, 0.29) is 0 Å². The van der Waals surface area contributed by atoms with Gasteiger partial charge in [-0.15, -0.1) is 11.3 Å². The van der Waals surface area contributed by atoms with Crippen LogP contribution in [0, 0.1) is 0 Å². The molecule has 0 bridgehead atoms. The summed E-state index contributed by atoms with van der Waals surface area (Å²) in [4.78, 5) is 2.40. The van der Waals surface area contributed by atoms with E-state index in [1.165, 1.54) is 42.4 Å². The number of thiophene rings is 1. The summed E-state index contributed by atoms with van der Waals surface area (Å²) in [6.45, 7) is 0. The summed E-state index contributed by atoms with van der Waals surface area (Å²) in [7, 11) is 0. The maximum Gasteiger partial charge on any atom is 0.135 e. The molecule has 7 aromatic carbocycles. The lowest BCUT2D eigenvalue weighted by Crippen LogP contribution is -2.10. The monoisotopic (exact) mass is 593 g/mol. The largest absolute Gasteiger partial charge is 0.456 e. The Balaban J connectivity index is 1.28. The van der Waals surface area contributed by atoms with E-state index in [2.05, 4.69) is 157 Å². The molecule has 0 saturated heterocycles. The van der Waals surface area contributed by atoms with Crippen molar-refractivity contribution in [2.75, 3.05) is 4.90 Å². The molecule has 0 fully saturated rings. The highest BCUT2D eigenvalue weighted by atomic mass is 32.1. The minimum absolute atomic E-state index is 0.895. The number of fused-ring (bicyclic) bond motifs is 6. The molecule has 0 N–H and O–H groups in total. The first-order valence-corrected chi connectivity index (χ1v) is 16.0. The van der Waals surface area contributed by atoms with Crippen molar-refractivity contribution in [3.8, 4) is 22.3 Å². The highest BCUT2D eigenvalue weighted by molar-refractivity contribution is 7.27. The molecule has 3 heteroatoms. The van der Waals surface area contributed by atoms with Gasteiger partial charge in [0.2, 0.25) is 0 Å². The lowest BCUT2D eigenvalue weighted by molar-refractivity contribution is 0.669. The first-order chi connectivity index (χ1) is 22.3. The molecule has 0 amide bonds. The Labute approximate surface area is 265 Å². The third-order valence-electron chi connectivity index (χ3n) is 8.68. The van der Waals surface area contributed by atoms with Crippen LogP contribution in [-0.2, 0) is 0 Å². The van der Waals surface area contributed by atoms with Gasteiger partial charge < -0.3 is 9.32 Å². The van der Waals surface area contributed by atoms with Gasteiger partial charge in [-0.3, -0.25) is 0 Å². The summed E-state index contributed by atoms with van der Waals surface area (Å²) < 4.78 is 8.78. The van der Waals surface area contributed by atoms with Gasteiger partial charge >= 0.3 is 0 Å². The minimum Gasteiger partial charge on any atom is -0.456 e. The average molecular weight is 594 g/mol. The molecule has 0 saturated carbocycles. The SMILES string of the molecule is c1ccc(-c2ccc(N(c3ccc4oc5ccccc5c4c3)c3cccc4c3sc3c(-c5ccccc5)cccc34)cc2)cc1. The van der Waals surface area contributed by atoms with Crippen molar-refractivity contribution in [1.29, 1.82) is 0 Å². The normalized spacial score (nSPS) is 11.6. The second-order valence-corrected chi connectivity index (χ2v) is 12.4. The Morgan fingerprint density at radius 1 is 0.400 bits per heavy atom. The second kappa shape index (κ2) is 10.5. The summed E-state index contributed by atoms with van der Waals surface area (Å²) in [5.74, 6) is 0. The van der Waals surface area contributed by atoms with Crippen molar-refractivity contribution in [3.63, 3.8) is 0 Å². The maximum atomic E-state index is 6.21. The lowest BCUT2D eigenvalue weighted by Gasteiger charge is -2.26. The van der Waals surface area contributed by atoms with Gasteiger partial charge in [0.05, 0.1) is 10.4 Å². The fourth-order valence-corrected chi connectivity index (χ4v) is 7.88. The zero-order chi connectivity index (χ0) is 29.7. The van der Waals surface area contributed by atoms with E-state index in [0.717, 1.165) is 39.0 Å². The van der Waals surface area contributed by atoms with Crippen LogP contribution in [0.4, 0.5) is 17.1 Å². The molecule has 9 rings (SSSR count). The molecule has 2 aromatic heterocycles. The summed E-state index contributed by atoms with van der Waals surface area (Å²) in [5.41, 5.74) is 10.1. The Morgan fingerprint density at radius 3 is 1.80 bits per heavy atom. The van der Waals surface area contributed by atoms with Crippen LogP contribution in [0.5, 0.6) is 0 Å². The number of para-hydroxylation sites is 1. The van der Waals surface area contributed by atoms with E-state index >= 15 is 0 Å². The average Bonchev–Trinajstić information content (AvgIpc) is 3.68. The van der Waals surface area contributed by atoms with Crippen LogP contribution in [-0.4, -0.2) is 0 Å². The van der Waals surface area contributed by atoms with Crippen molar-refractivity contribution >= 4 is 70.5 Å². The first kappa shape index (κ1) is 25.8. The van der Waals surface area contributed by atoms with Crippen LogP contribution in [0.3, 0.4) is 0 Å². The molecule has 212 valence electrons. The van der Waals surface area contributed by atoms with Gasteiger partial charge in [-0.25, -0.2) is 0 Å². The van der Waals surface area contributed by atoms with Crippen molar-refractivity contribution in [1.82, 2.24) is 0 Å². The molecule has 0 aliphatic heterocycles. The summed E-state index contributed by atoms with van der Waals surface area (Å²) in [6.07, 6.45) is 0. The van der Waals surface area contributed by atoms with E-state index < -0.39 is 0 Å². The van der Waals surface area contributed by atoms with Crippen molar-refractivity contribution in [2.45, 2.75) is 0 Å². The Morgan fingerprint density at radius 2 is 1.00 bits per heavy atom. The predicted molar refractivity (Wildman–Crippen MR) is 192 cm³/mol. The van der Waals surface area contributed by atoms with Gasteiger partial charge in [0.15, 0.2) is 0 Å². The molecular formula is C42H27NOS. The predicted octanol–water partition coefficient (Wildman–Crippen LogP) is 12.8. The van der Waals surface area contributed by atoms with Crippen LogP contribution in [0.15, 0.2) is 168 Å². The van der Waals surface area contributed by atoms with Crippen LogP contribution >= 0.6 is 11.3 Å². The molecule has 2 heterocycles. The number of benzene rings is 7. The molecule has 2 nitrogen and oxygen atoms in total. The maximum absolute atomic E-state index is 6.21. The fraction of sp³-hybridized carbons (Fsp3) is 0. The minimum atomic E-state index is 0.895. The summed E-state index contributed by atoms with van der Waals surface area (Å²) in [5, 5.41) is 4.80. The van der Waals surface area contributed by atoms with Gasteiger partial charge in [-0.2, -0.15) is 0 Å². The molecule has 0 atom stereocenters. The number of hydrogen-bond acceptors (Lipinski definition) is 3. The van der Waals surface area contributed by atoms with Crippen molar-refractivity contribution in [3.05, 3.63) is 164 Å². The Bertz CT molecular complexity index is 2470. The number of furan rings is 1. The van der Waals surface area contributed by atoms with Crippen LogP contribution in [0.1, 0.15) is 0 Å². The third-order valence-corrected chi connectivity index (χ3v) is 9.96. The van der Waals surface area contributed by atoms with Crippen LogP contribution < -0.4 is 4.90 Å². The zero-order valence-corrected chi connectivity index (χ0v) is 25.2. The lowest BCUT2D eigenvalue weighted by atomic mass is 10.0. The highest BCUT2D eigenvalue weighted by Gasteiger charge is 2.20. The van der Waals surface area contributed by atoms with E-state index in [4.69, 9.17) is 4.42 Å². The quantitative estimate of drug-likeness (QED) is 0.197. The van der Waals surface area contributed by atoms with Gasteiger partial charge in [0.1, 0.15) is 11.2 Å². The number of nitrogens with zero attached hydrogens (tertiary/aromatic N) is 1. The molecule has 0 spiro atoms. The van der Waals surface area contributed by atoms with E-state index in [9.17, 15) is 0 Å². The molecule has 0 radical (unpaired) electrons. The topological polar surface area (TPSA) is 16.4 Å². The van der Waals surface area contributed by atoms with E-state index in [1.807, 2.05) is 23.5 Å². The number of rotatable bonds is 5. The highest BCUT2D eigenvalue weighted by Crippen LogP contribution is 2.47.